The molecule has 1 saturated heterocycles. The topological polar surface area (TPSA) is 99.7 Å². The molecular weight excluding hydrogens is 524 g/mol. The Kier molecular flexibility index (Phi) is 7.79. The zero-order valence-electron chi connectivity index (χ0n) is 23.3. The van der Waals surface area contributed by atoms with Gasteiger partial charge >= 0.3 is 0 Å². The molecule has 3 aromatic rings. The minimum atomic E-state index is -3.28. The number of pyridine rings is 1. The summed E-state index contributed by atoms with van der Waals surface area (Å²) in [6.07, 6.45) is 1.36. The highest BCUT2D eigenvalue weighted by Crippen LogP contribution is 2.39. The molecule has 1 aliphatic heterocycles. The molecule has 210 valence electrons. The summed E-state index contributed by atoms with van der Waals surface area (Å²) in [5.74, 6) is 0.229. The molecule has 9 heteroatoms. The second kappa shape index (κ2) is 11.1. The number of nitrogens with zero attached hydrogens (tertiary/aromatic N) is 3. The Labute approximate surface area is 236 Å². The standard InChI is InChI=1S/C31H36N4O4S/c1-4-40(38,39)25-10-8-22(9-11-25)20-29(36)33-28-13-12-26-27(32-28)14-15-31(2,30(26)37)23-6-5-7-24(21-23)35-18-16-34(3)17-19-35/h5-13,21H,4,14-20H2,1-3H3,(H,32,33,36). The third-order valence-corrected chi connectivity index (χ3v) is 9.98. The number of aryl methyl sites for hydroxylation is 1. The molecule has 1 aliphatic carbocycles. The average Bonchev–Trinajstić information content (AvgIpc) is 2.96. The molecule has 2 heterocycles. The smallest absolute Gasteiger partial charge is 0.229 e. The molecule has 1 fully saturated rings. The van der Waals surface area contributed by atoms with Crippen molar-refractivity contribution in [1.82, 2.24) is 9.88 Å². The van der Waals surface area contributed by atoms with Crippen molar-refractivity contribution in [1.29, 1.82) is 0 Å². The van der Waals surface area contributed by atoms with Crippen LogP contribution < -0.4 is 10.2 Å². The number of piperazine rings is 1. The number of anilines is 2. The summed E-state index contributed by atoms with van der Waals surface area (Å²) >= 11 is 0. The lowest BCUT2D eigenvalue weighted by Gasteiger charge is -2.36. The summed E-state index contributed by atoms with van der Waals surface area (Å²) in [5.41, 5.74) is 3.54. The van der Waals surface area contributed by atoms with Crippen LogP contribution >= 0.6 is 0 Å². The van der Waals surface area contributed by atoms with Gasteiger partial charge in [-0.2, -0.15) is 0 Å². The largest absolute Gasteiger partial charge is 0.369 e. The quantitative estimate of drug-likeness (QED) is 0.468. The fraction of sp³-hybridized carbons (Fsp3) is 0.387. The van der Waals surface area contributed by atoms with Crippen molar-refractivity contribution >= 4 is 33.0 Å². The Morgan fingerprint density at radius 2 is 1.75 bits per heavy atom. The van der Waals surface area contributed by atoms with E-state index in [2.05, 4.69) is 45.3 Å². The van der Waals surface area contributed by atoms with E-state index in [-0.39, 0.29) is 28.8 Å². The number of Topliss-reactive ketones (excluding diaryl/α,β-unsaturated/α-hetero) is 1. The van der Waals surface area contributed by atoms with E-state index in [9.17, 15) is 18.0 Å². The first kappa shape index (κ1) is 28.0. The van der Waals surface area contributed by atoms with E-state index < -0.39 is 15.3 Å². The van der Waals surface area contributed by atoms with Gasteiger partial charge in [0.15, 0.2) is 15.6 Å². The monoisotopic (exact) mass is 560 g/mol. The van der Waals surface area contributed by atoms with Crippen LogP contribution in [-0.4, -0.2) is 69.0 Å². The third kappa shape index (κ3) is 5.67. The molecular formula is C31H36N4O4S. The first-order valence-corrected chi connectivity index (χ1v) is 15.4. The van der Waals surface area contributed by atoms with Crippen LogP contribution in [0.15, 0.2) is 65.6 Å². The molecule has 0 bridgehead atoms. The molecule has 1 atom stereocenters. The minimum Gasteiger partial charge on any atom is -0.369 e. The number of carbonyl (C=O) groups is 2. The molecule has 1 aromatic heterocycles. The first-order valence-electron chi connectivity index (χ1n) is 13.8. The second-order valence-electron chi connectivity index (χ2n) is 11.0. The van der Waals surface area contributed by atoms with E-state index in [0.29, 0.717) is 35.5 Å². The van der Waals surface area contributed by atoms with Crippen LogP contribution in [0, 0.1) is 0 Å². The summed E-state index contributed by atoms with van der Waals surface area (Å²) in [6.45, 7) is 7.61. The summed E-state index contributed by atoms with van der Waals surface area (Å²) in [5, 5.41) is 2.82. The van der Waals surface area contributed by atoms with E-state index in [1.54, 1.807) is 31.2 Å². The van der Waals surface area contributed by atoms with Crippen molar-refractivity contribution in [2.75, 3.05) is 49.2 Å². The number of hydrogen-bond donors (Lipinski definition) is 1. The van der Waals surface area contributed by atoms with Crippen LogP contribution in [0.2, 0.25) is 0 Å². The highest BCUT2D eigenvalue weighted by Gasteiger charge is 2.40. The summed E-state index contributed by atoms with van der Waals surface area (Å²) in [4.78, 5) is 36.0. The van der Waals surface area contributed by atoms with Gasteiger partial charge in [0.05, 0.1) is 28.2 Å². The van der Waals surface area contributed by atoms with Crippen LogP contribution in [0.5, 0.6) is 0 Å². The first-order chi connectivity index (χ1) is 19.1. The molecule has 0 saturated carbocycles. The predicted molar refractivity (Wildman–Crippen MR) is 157 cm³/mol. The number of likely N-dealkylation sites (N-methyl/N-ethyl adjacent to an activating group) is 1. The normalized spacial score (nSPS) is 19.8. The van der Waals surface area contributed by atoms with E-state index in [0.717, 1.165) is 37.4 Å². The SMILES string of the molecule is CCS(=O)(=O)c1ccc(CC(=O)Nc2ccc3c(n2)CCC(C)(c2cccc(N4CCN(C)CC4)c2)C3=O)cc1. The van der Waals surface area contributed by atoms with Gasteiger partial charge in [0, 0.05) is 37.4 Å². The van der Waals surface area contributed by atoms with Gasteiger partial charge in [-0.15, -0.1) is 0 Å². The van der Waals surface area contributed by atoms with Gasteiger partial charge in [0.1, 0.15) is 5.82 Å². The molecule has 1 unspecified atom stereocenters. The lowest BCUT2D eigenvalue weighted by atomic mass is 9.69. The number of aromatic nitrogens is 1. The molecule has 5 rings (SSSR count). The van der Waals surface area contributed by atoms with Crippen molar-refractivity contribution in [3.05, 3.63) is 83.0 Å². The summed E-state index contributed by atoms with van der Waals surface area (Å²) in [6, 6.07) is 18.2. The van der Waals surface area contributed by atoms with Gasteiger partial charge in [-0.25, -0.2) is 13.4 Å². The maximum atomic E-state index is 13.8. The zero-order valence-corrected chi connectivity index (χ0v) is 24.1. The van der Waals surface area contributed by atoms with Crippen molar-refractivity contribution in [3.63, 3.8) is 0 Å². The van der Waals surface area contributed by atoms with Crippen LogP contribution in [0.4, 0.5) is 11.5 Å². The Hall–Kier alpha value is -3.56. The Morgan fingerprint density at radius 1 is 1.02 bits per heavy atom. The number of nitrogens with one attached hydrogen (secondary N) is 1. The molecule has 1 amide bonds. The van der Waals surface area contributed by atoms with Crippen molar-refractivity contribution in [2.24, 2.45) is 0 Å². The molecule has 8 nitrogen and oxygen atoms in total. The molecule has 1 N–H and O–H groups in total. The average molecular weight is 561 g/mol. The van der Waals surface area contributed by atoms with Crippen LogP contribution in [0.25, 0.3) is 0 Å². The number of amides is 1. The summed E-state index contributed by atoms with van der Waals surface area (Å²) < 4.78 is 24.0. The van der Waals surface area contributed by atoms with E-state index in [1.165, 1.54) is 12.1 Å². The second-order valence-corrected chi connectivity index (χ2v) is 13.2. The minimum absolute atomic E-state index is 0.0292. The molecule has 0 radical (unpaired) electrons. The summed E-state index contributed by atoms with van der Waals surface area (Å²) in [7, 11) is -1.14. The van der Waals surface area contributed by atoms with Gasteiger partial charge in [-0.05, 0) is 74.3 Å². The van der Waals surface area contributed by atoms with Crippen LogP contribution in [0.1, 0.15) is 47.4 Å². The fourth-order valence-electron chi connectivity index (χ4n) is 5.49. The predicted octanol–water partition coefficient (Wildman–Crippen LogP) is 3.90. The Morgan fingerprint density at radius 3 is 2.45 bits per heavy atom. The number of hydrogen-bond acceptors (Lipinski definition) is 7. The van der Waals surface area contributed by atoms with Gasteiger partial charge < -0.3 is 15.1 Å². The number of sulfone groups is 1. The number of benzene rings is 2. The van der Waals surface area contributed by atoms with E-state index in [4.69, 9.17) is 0 Å². The number of ketones is 1. The Bertz CT molecular complexity index is 1530. The van der Waals surface area contributed by atoms with Gasteiger partial charge in [-0.3, -0.25) is 9.59 Å². The molecule has 2 aromatic carbocycles. The zero-order chi connectivity index (χ0) is 28.5. The maximum Gasteiger partial charge on any atom is 0.229 e. The van der Waals surface area contributed by atoms with Gasteiger partial charge in [-0.1, -0.05) is 31.2 Å². The van der Waals surface area contributed by atoms with Crippen LogP contribution in [-0.2, 0) is 32.9 Å². The van der Waals surface area contributed by atoms with E-state index in [1.807, 2.05) is 13.0 Å². The van der Waals surface area contributed by atoms with Gasteiger partial charge in [0.2, 0.25) is 5.91 Å². The van der Waals surface area contributed by atoms with Crippen molar-refractivity contribution in [2.45, 2.75) is 43.4 Å². The molecule has 40 heavy (non-hydrogen) atoms. The van der Waals surface area contributed by atoms with E-state index >= 15 is 0 Å². The highest BCUT2D eigenvalue weighted by molar-refractivity contribution is 7.91. The number of carbonyl (C=O) groups excluding carboxylic acids is 2. The number of fused-ring (bicyclic) bond motifs is 1. The maximum absolute atomic E-state index is 13.8. The highest BCUT2D eigenvalue weighted by atomic mass is 32.2. The van der Waals surface area contributed by atoms with Crippen molar-refractivity contribution in [3.8, 4) is 0 Å². The fourth-order valence-corrected chi connectivity index (χ4v) is 6.37. The van der Waals surface area contributed by atoms with Gasteiger partial charge in [0.25, 0.3) is 0 Å². The lowest BCUT2D eigenvalue weighted by Crippen LogP contribution is -2.44. The van der Waals surface area contributed by atoms with Crippen molar-refractivity contribution < 1.29 is 18.0 Å². The molecule has 2 aliphatic rings. The molecule has 0 spiro atoms. The Balaban J connectivity index is 1.27. The van der Waals surface area contributed by atoms with Crippen LogP contribution in [0.3, 0.4) is 0 Å². The number of rotatable bonds is 7. The lowest BCUT2D eigenvalue weighted by molar-refractivity contribution is -0.115. The third-order valence-electron chi connectivity index (χ3n) is 8.23.